The summed E-state index contributed by atoms with van der Waals surface area (Å²) in [6, 6.07) is 11.9. The first-order valence-electron chi connectivity index (χ1n) is 11.5. The molecule has 2 aliphatic heterocycles. The molecule has 0 amide bonds. The summed E-state index contributed by atoms with van der Waals surface area (Å²) >= 11 is 0. The van der Waals surface area contributed by atoms with Gasteiger partial charge in [0, 0.05) is 0 Å². The van der Waals surface area contributed by atoms with Crippen LogP contribution in [0.4, 0.5) is 0 Å². The molecule has 1 fully saturated rings. The van der Waals surface area contributed by atoms with Gasteiger partial charge in [-0.2, -0.15) is 0 Å². The molecule has 5 N–H and O–H groups in total. The van der Waals surface area contributed by atoms with Crippen molar-refractivity contribution in [3.05, 3.63) is 53.9 Å². The van der Waals surface area contributed by atoms with E-state index >= 15 is 0 Å². The van der Waals surface area contributed by atoms with Gasteiger partial charge in [0.2, 0.25) is 0 Å². The topological polar surface area (TPSA) is 149 Å². The number of hydrogen-bond donors (Lipinski definition) is 4. The Morgan fingerprint density at radius 2 is 2.03 bits per heavy atom. The standard InChI is InChI=1S/C17H27N5O5P.C6H6O/c1-10(2)26-17(23)11(3)21-28(24)25-8-12-4-7-15(27-12)13-5-6-14-16(18)19-9-20-22(13)14;7-6-4-2-1-3-5-6/h5-6,10-12,15,20H,4,7-9H2,1-3H3,(H2,18,19)(H,21,24);1-5,7H/q+1;. The van der Waals surface area contributed by atoms with Crippen molar-refractivity contribution in [2.45, 2.75) is 58.0 Å². The van der Waals surface area contributed by atoms with Crippen molar-refractivity contribution < 1.29 is 28.5 Å². The first-order valence-corrected chi connectivity index (χ1v) is 12.6. The summed E-state index contributed by atoms with van der Waals surface area (Å²) in [5.74, 6) is 0.353. The Morgan fingerprint density at radius 1 is 1.29 bits per heavy atom. The number of fused-ring (bicyclic) bond motifs is 1. The molecule has 2 aromatic rings. The van der Waals surface area contributed by atoms with Crippen LogP contribution in [-0.2, 0) is 23.4 Å². The van der Waals surface area contributed by atoms with Gasteiger partial charge in [-0.15, -0.1) is 4.52 Å². The van der Waals surface area contributed by atoms with Crippen LogP contribution in [0.15, 0.2) is 47.5 Å². The Bertz CT molecular complexity index is 1030. The summed E-state index contributed by atoms with van der Waals surface area (Å²) in [6.07, 6.45) is 1.09. The number of carbonyl (C=O) groups excluding carboxylic acids is 1. The summed E-state index contributed by atoms with van der Waals surface area (Å²) in [4.78, 5) is 15.9. The number of benzene rings is 1. The van der Waals surface area contributed by atoms with E-state index in [1.165, 1.54) is 0 Å². The van der Waals surface area contributed by atoms with Gasteiger partial charge in [-0.25, -0.2) is 4.99 Å². The Hall–Kier alpha value is -2.98. The summed E-state index contributed by atoms with van der Waals surface area (Å²) in [5.41, 5.74) is 10.9. The van der Waals surface area contributed by atoms with Crippen LogP contribution in [0.5, 0.6) is 5.75 Å². The van der Waals surface area contributed by atoms with E-state index in [9.17, 15) is 9.36 Å². The largest absolute Gasteiger partial charge is 0.613 e. The molecule has 1 aromatic carbocycles. The molecule has 0 saturated carbocycles. The van der Waals surface area contributed by atoms with Crippen LogP contribution in [0, 0.1) is 0 Å². The molecule has 4 atom stereocenters. The van der Waals surface area contributed by atoms with Crippen LogP contribution < -0.4 is 16.2 Å². The number of amidine groups is 1. The molecule has 0 spiro atoms. The quantitative estimate of drug-likeness (QED) is 0.313. The molecule has 0 radical (unpaired) electrons. The van der Waals surface area contributed by atoms with Crippen molar-refractivity contribution in [3.8, 4) is 5.75 Å². The van der Waals surface area contributed by atoms with Gasteiger partial charge in [0.15, 0.2) is 0 Å². The molecule has 4 unspecified atom stereocenters. The second kappa shape index (κ2) is 12.6. The van der Waals surface area contributed by atoms with Crippen LogP contribution in [0.1, 0.15) is 51.1 Å². The SMILES string of the molecule is CC(C)OC(=O)C(C)N[P+](=O)OCC1CCC(c2ccc3n2NCN=C3N)O1.Oc1ccccc1. The Balaban J connectivity index is 0.000000420. The highest BCUT2D eigenvalue weighted by atomic mass is 31.1. The molecule has 4 rings (SSSR count). The molecular weight excluding hydrogens is 473 g/mol. The zero-order valence-corrected chi connectivity index (χ0v) is 21.0. The average molecular weight is 507 g/mol. The number of aromatic hydroxyl groups is 1. The highest BCUT2D eigenvalue weighted by Crippen LogP contribution is 2.35. The van der Waals surface area contributed by atoms with Gasteiger partial charge < -0.3 is 25.7 Å². The molecular formula is C23H33N5O6P+. The van der Waals surface area contributed by atoms with Gasteiger partial charge >= 0.3 is 14.1 Å². The lowest BCUT2D eigenvalue weighted by Crippen LogP contribution is -2.33. The fourth-order valence-electron chi connectivity index (χ4n) is 3.56. The maximum absolute atomic E-state index is 12.0. The number of hydrogen-bond acceptors (Lipinski definition) is 9. The predicted octanol–water partition coefficient (Wildman–Crippen LogP) is 2.92. The van der Waals surface area contributed by atoms with Crippen molar-refractivity contribution in [3.63, 3.8) is 0 Å². The molecule has 11 nitrogen and oxygen atoms in total. The number of nitrogens with two attached hydrogens (primary N) is 1. The Kier molecular flexibility index (Phi) is 9.62. The summed E-state index contributed by atoms with van der Waals surface area (Å²) in [7, 11) is -2.20. The molecule has 35 heavy (non-hydrogen) atoms. The van der Waals surface area contributed by atoms with Crippen molar-refractivity contribution in [2.75, 3.05) is 18.7 Å². The predicted molar refractivity (Wildman–Crippen MR) is 132 cm³/mol. The van der Waals surface area contributed by atoms with E-state index in [0.717, 1.165) is 24.2 Å². The van der Waals surface area contributed by atoms with E-state index in [4.69, 9.17) is 24.8 Å². The Labute approximate surface area is 205 Å². The van der Waals surface area contributed by atoms with Crippen LogP contribution in [0.2, 0.25) is 0 Å². The first kappa shape index (κ1) is 26.6. The molecule has 2 aliphatic rings. The zero-order valence-electron chi connectivity index (χ0n) is 20.1. The van der Waals surface area contributed by atoms with Crippen molar-refractivity contribution in [2.24, 2.45) is 10.7 Å². The normalized spacial score (nSPS) is 20.1. The number of para-hydroxylation sites is 1. The van der Waals surface area contributed by atoms with Gasteiger partial charge in [0.25, 0.3) is 0 Å². The molecule has 3 heterocycles. The van der Waals surface area contributed by atoms with Gasteiger partial charge in [0.05, 0.1) is 24.0 Å². The molecule has 190 valence electrons. The lowest BCUT2D eigenvalue weighted by Gasteiger charge is -2.21. The third-order valence-corrected chi connectivity index (χ3v) is 6.21. The minimum atomic E-state index is -2.20. The summed E-state index contributed by atoms with van der Waals surface area (Å²) in [6.45, 7) is 5.70. The van der Waals surface area contributed by atoms with Crippen LogP contribution in [0.3, 0.4) is 0 Å². The number of rotatable bonds is 8. The number of carbonyl (C=O) groups is 1. The van der Waals surface area contributed by atoms with Crippen molar-refractivity contribution >= 4 is 20.0 Å². The van der Waals surface area contributed by atoms with E-state index in [-0.39, 0.29) is 24.9 Å². The van der Waals surface area contributed by atoms with Crippen LogP contribution >= 0.6 is 8.18 Å². The number of nitrogens with zero attached hydrogens (tertiary/aromatic N) is 2. The van der Waals surface area contributed by atoms with E-state index < -0.39 is 20.2 Å². The van der Waals surface area contributed by atoms with E-state index in [1.807, 2.05) is 22.9 Å². The number of aromatic nitrogens is 1. The Morgan fingerprint density at radius 3 is 2.69 bits per heavy atom. The van der Waals surface area contributed by atoms with Crippen LogP contribution in [0.25, 0.3) is 0 Å². The smallest absolute Gasteiger partial charge is 0.508 e. The maximum Gasteiger partial charge on any atom is 0.613 e. The lowest BCUT2D eigenvalue weighted by atomic mass is 10.1. The average Bonchev–Trinajstić information content (AvgIpc) is 3.46. The highest BCUT2D eigenvalue weighted by Gasteiger charge is 2.34. The zero-order chi connectivity index (χ0) is 25.4. The number of esters is 1. The summed E-state index contributed by atoms with van der Waals surface area (Å²) in [5, 5.41) is 11.2. The highest BCUT2D eigenvalue weighted by molar-refractivity contribution is 7.36. The first-order chi connectivity index (χ1) is 16.7. The molecule has 1 aromatic heterocycles. The van der Waals surface area contributed by atoms with E-state index in [2.05, 4.69) is 15.5 Å². The minimum Gasteiger partial charge on any atom is -0.508 e. The summed E-state index contributed by atoms with van der Waals surface area (Å²) < 4.78 is 30.4. The number of ether oxygens (including phenoxy) is 2. The van der Waals surface area contributed by atoms with Gasteiger partial charge in [-0.1, -0.05) is 23.3 Å². The number of aliphatic imine (C=N–C) groups is 1. The fraction of sp³-hybridized carbons (Fsp3) is 0.478. The maximum atomic E-state index is 12.0. The molecule has 0 bridgehead atoms. The van der Waals surface area contributed by atoms with E-state index in [1.54, 1.807) is 45.0 Å². The van der Waals surface area contributed by atoms with Gasteiger partial charge in [-0.3, -0.25) is 9.47 Å². The second-order valence-corrected chi connectivity index (χ2v) is 9.42. The monoisotopic (exact) mass is 506 g/mol. The van der Waals surface area contributed by atoms with Gasteiger partial charge in [-0.05, 0) is 62.4 Å². The second-order valence-electron chi connectivity index (χ2n) is 8.39. The number of phenolic OH excluding ortho intramolecular Hbond substituents is 1. The minimum absolute atomic E-state index is 0.105. The van der Waals surface area contributed by atoms with E-state index in [0.29, 0.717) is 18.3 Å². The van der Waals surface area contributed by atoms with Crippen LogP contribution in [-0.4, -0.2) is 53.1 Å². The third kappa shape index (κ3) is 7.76. The molecule has 12 heteroatoms. The number of nitrogens with one attached hydrogen (secondary N) is 2. The van der Waals surface area contributed by atoms with Gasteiger partial charge in [0.1, 0.15) is 36.6 Å². The third-order valence-electron chi connectivity index (χ3n) is 5.23. The number of phenols is 1. The lowest BCUT2D eigenvalue weighted by molar-refractivity contribution is -0.149. The van der Waals surface area contributed by atoms with Crippen molar-refractivity contribution in [1.29, 1.82) is 0 Å². The molecule has 0 aliphatic carbocycles. The molecule has 1 saturated heterocycles. The fourth-order valence-corrected chi connectivity index (χ4v) is 4.36. The van der Waals surface area contributed by atoms with Crippen molar-refractivity contribution in [1.82, 2.24) is 9.76 Å².